The molecule has 0 bridgehead atoms. The van der Waals surface area contributed by atoms with Gasteiger partial charge in [-0.3, -0.25) is 9.69 Å². The van der Waals surface area contributed by atoms with Crippen molar-refractivity contribution in [2.45, 2.75) is 78.3 Å². The first kappa shape index (κ1) is 16.5. The van der Waals surface area contributed by atoms with Gasteiger partial charge in [-0.25, -0.2) is 0 Å². The summed E-state index contributed by atoms with van der Waals surface area (Å²) < 4.78 is 0. The fourth-order valence-corrected chi connectivity index (χ4v) is 3.53. The molecule has 1 N–H and O–H groups in total. The van der Waals surface area contributed by atoms with Crippen molar-refractivity contribution in [1.82, 2.24) is 4.90 Å². The zero-order valence-electron chi connectivity index (χ0n) is 13.1. The van der Waals surface area contributed by atoms with Gasteiger partial charge >= 0.3 is 5.97 Å². The fraction of sp³-hybridized carbons (Fsp3) is 0.938. The first-order valence-corrected chi connectivity index (χ1v) is 7.87. The first-order valence-electron chi connectivity index (χ1n) is 7.87. The predicted octanol–water partition coefficient (Wildman–Crippen LogP) is 3.78. The van der Waals surface area contributed by atoms with Crippen LogP contribution in [0.15, 0.2) is 0 Å². The molecule has 1 fully saturated rings. The highest BCUT2D eigenvalue weighted by Gasteiger charge is 2.28. The molecule has 1 rings (SSSR count). The maximum Gasteiger partial charge on any atom is 0.304 e. The highest BCUT2D eigenvalue weighted by atomic mass is 16.4. The van der Waals surface area contributed by atoms with E-state index in [1.807, 2.05) is 0 Å². The van der Waals surface area contributed by atoms with Crippen LogP contribution in [0, 0.1) is 11.8 Å². The van der Waals surface area contributed by atoms with Gasteiger partial charge in [0.05, 0.1) is 6.42 Å². The van der Waals surface area contributed by atoms with E-state index in [2.05, 4.69) is 32.6 Å². The van der Waals surface area contributed by atoms with Crippen LogP contribution in [-0.4, -0.2) is 34.6 Å². The lowest BCUT2D eigenvalue weighted by atomic mass is 9.80. The SMILES string of the molecule is CC(C)CC1CCCC(N(CCC(=O)O)C(C)C)C1. The van der Waals surface area contributed by atoms with Crippen molar-refractivity contribution in [3.05, 3.63) is 0 Å². The largest absolute Gasteiger partial charge is 0.481 e. The number of carboxylic acids is 1. The van der Waals surface area contributed by atoms with E-state index in [1.165, 1.54) is 32.1 Å². The van der Waals surface area contributed by atoms with Crippen LogP contribution in [-0.2, 0) is 4.79 Å². The smallest absolute Gasteiger partial charge is 0.304 e. The zero-order chi connectivity index (χ0) is 14.4. The minimum Gasteiger partial charge on any atom is -0.481 e. The van der Waals surface area contributed by atoms with Gasteiger partial charge in [0.25, 0.3) is 0 Å². The van der Waals surface area contributed by atoms with Crippen molar-refractivity contribution in [2.24, 2.45) is 11.8 Å². The van der Waals surface area contributed by atoms with Crippen molar-refractivity contribution in [2.75, 3.05) is 6.54 Å². The van der Waals surface area contributed by atoms with E-state index in [0.29, 0.717) is 18.6 Å². The third kappa shape index (κ3) is 5.94. The maximum atomic E-state index is 10.8. The van der Waals surface area contributed by atoms with E-state index in [4.69, 9.17) is 5.11 Å². The molecular formula is C16H31NO2. The summed E-state index contributed by atoms with van der Waals surface area (Å²) in [5.41, 5.74) is 0. The standard InChI is InChI=1S/C16H31NO2/c1-12(2)10-14-6-5-7-15(11-14)17(13(3)4)9-8-16(18)19/h12-15H,5-11H2,1-4H3,(H,18,19). The summed E-state index contributed by atoms with van der Waals surface area (Å²) in [6.45, 7) is 9.68. The van der Waals surface area contributed by atoms with Crippen LogP contribution in [0.2, 0.25) is 0 Å². The second-order valence-corrected chi connectivity index (χ2v) is 6.79. The van der Waals surface area contributed by atoms with Gasteiger partial charge in [0.2, 0.25) is 0 Å². The van der Waals surface area contributed by atoms with E-state index >= 15 is 0 Å². The number of hydrogen-bond acceptors (Lipinski definition) is 2. The molecule has 0 amide bonds. The molecule has 112 valence electrons. The van der Waals surface area contributed by atoms with E-state index in [9.17, 15) is 4.79 Å². The third-order valence-corrected chi connectivity index (χ3v) is 4.28. The number of rotatable bonds is 7. The van der Waals surface area contributed by atoms with Crippen molar-refractivity contribution >= 4 is 5.97 Å². The van der Waals surface area contributed by atoms with Gasteiger partial charge in [-0.15, -0.1) is 0 Å². The van der Waals surface area contributed by atoms with Gasteiger partial charge in [-0.05, 0) is 44.9 Å². The lowest BCUT2D eigenvalue weighted by molar-refractivity contribution is -0.137. The van der Waals surface area contributed by atoms with Crippen LogP contribution in [0.25, 0.3) is 0 Å². The summed E-state index contributed by atoms with van der Waals surface area (Å²) in [6.07, 6.45) is 6.76. The van der Waals surface area contributed by atoms with Crippen molar-refractivity contribution in [3.63, 3.8) is 0 Å². The summed E-state index contributed by atoms with van der Waals surface area (Å²) in [6, 6.07) is 1.04. The van der Waals surface area contributed by atoms with E-state index in [0.717, 1.165) is 11.8 Å². The Morgan fingerprint density at radius 1 is 1.26 bits per heavy atom. The van der Waals surface area contributed by atoms with Gasteiger partial charge in [0, 0.05) is 18.6 Å². The van der Waals surface area contributed by atoms with Crippen molar-refractivity contribution in [3.8, 4) is 0 Å². The Labute approximate surface area is 118 Å². The van der Waals surface area contributed by atoms with Crippen LogP contribution in [0.3, 0.4) is 0 Å². The van der Waals surface area contributed by atoms with Gasteiger partial charge in [-0.2, -0.15) is 0 Å². The second-order valence-electron chi connectivity index (χ2n) is 6.79. The third-order valence-electron chi connectivity index (χ3n) is 4.28. The van der Waals surface area contributed by atoms with Crippen LogP contribution >= 0.6 is 0 Å². The topological polar surface area (TPSA) is 40.5 Å². The second kappa shape index (κ2) is 7.88. The number of hydrogen-bond donors (Lipinski definition) is 1. The molecule has 19 heavy (non-hydrogen) atoms. The molecule has 2 atom stereocenters. The Balaban J connectivity index is 2.55. The van der Waals surface area contributed by atoms with Crippen LogP contribution < -0.4 is 0 Å². The Hall–Kier alpha value is -0.570. The van der Waals surface area contributed by atoms with Gasteiger partial charge < -0.3 is 5.11 Å². The summed E-state index contributed by atoms with van der Waals surface area (Å²) in [4.78, 5) is 13.2. The van der Waals surface area contributed by atoms with E-state index in [1.54, 1.807) is 0 Å². The molecule has 1 saturated carbocycles. The Morgan fingerprint density at radius 2 is 1.95 bits per heavy atom. The Kier molecular flexibility index (Phi) is 6.84. The molecule has 0 spiro atoms. The lowest BCUT2D eigenvalue weighted by Gasteiger charge is -2.40. The molecule has 0 heterocycles. The normalized spacial score (nSPS) is 24.4. The molecular weight excluding hydrogens is 238 g/mol. The summed E-state index contributed by atoms with van der Waals surface area (Å²) in [5, 5.41) is 8.89. The quantitative estimate of drug-likeness (QED) is 0.764. The van der Waals surface area contributed by atoms with Crippen LogP contribution in [0.4, 0.5) is 0 Å². The van der Waals surface area contributed by atoms with Gasteiger partial charge in [0.15, 0.2) is 0 Å². The average molecular weight is 269 g/mol. The monoisotopic (exact) mass is 269 g/mol. The number of nitrogens with zero attached hydrogens (tertiary/aromatic N) is 1. The van der Waals surface area contributed by atoms with Gasteiger partial charge in [-0.1, -0.05) is 26.7 Å². The summed E-state index contributed by atoms with van der Waals surface area (Å²) in [5.74, 6) is 0.931. The maximum absolute atomic E-state index is 10.8. The molecule has 3 nitrogen and oxygen atoms in total. The molecule has 0 aliphatic heterocycles. The number of aliphatic carboxylic acids is 1. The molecule has 1 aliphatic carbocycles. The van der Waals surface area contributed by atoms with Crippen LogP contribution in [0.5, 0.6) is 0 Å². The molecule has 2 unspecified atom stereocenters. The molecule has 3 heteroatoms. The molecule has 0 aromatic heterocycles. The van der Waals surface area contributed by atoms with Crippen molar-refractivity contribution in [1.29, 1.82) is 0 Å². The summed E-state index contributed by atoms with van der Waals surface area (Å²) >= 11 is 0. The van der Waals surface area contributed by atoms with Gasteiger partial charge in [0.1, 0.15) is 0 Å². The van der Waals surface area contributed by atoms with Crippen LogP contribution in [0.1, 0.15) is 66.2 Å². The Bertz CT molecular complexity index is 276. The molecule has 0 aromatic carbocycles. The lowest BCUT2D eigenvalue weighted by Crippen LogP contribution is -2.44. The molecule has 0 saturated heterocycles. The first-order chi connectivity index (χ1) is 8.90. The minimum absolute atomic E-state index is 0.267. The van der Waals surface area contributed by atoms with E-state index < -0.39 is 5.97 Å². The Morgan fingerprint density at radius 3 is 2.47 bits per heavy atom. The highest BCUT2D eigenvalue weighted by molar-refractivity contribution is 5.66. The highest BCUT2D eigenvalue weighted by Crippen LogP contribution is 2.32. The molecule has 1 aliphatic rings. The molecule has 0 radical (unpaired) electrons. The molecule has 0 aromatic rings. The minimum atomic E-state index is -0.680. The van der Waals surface area contributed by atoms with E-state index in [-0.39, 0.29) is 6.42 Å². The number of carbonyl (C=O) groups is 1. The summed E-state index contributed by atoms with van der Waals surface area (Å²) in [7, 11) is 0. The van der Waals surface area contributed by atoms with Crippen molar-refractivity contribution < 1.29 is 9.90 Å². The average Bonchev–Trinajstić information content (AvgIpc) is 2.27. The number of carboxylic acid groups (broad SMARTS) is 1. The predicted molar refractivity (Wildman–Crippen MR) is 79.3 cm³/mol. The fourth-order valence-electron chi connectivity index (χ4n) is 3.53. The zero-order valence-corrected chi connectivity index (χ0v) is 13.1.